The summed E-state index contributed by atoms with van der Waals surface area (Å²) in [7, 11) is 3.37. The molecule has 1 N–H and O–H groups in total. The van der Waals surface area contributed by atoms with Crippen molar-refractivity contribution in [3.8, 4) is 23.0 Å². The van der Waals surface area contributed by atoms with Crippen LogP contribution < -0.4 is 24.3 Å². The summed E-state index contributed by atoms with van der Waals surface area (Å²) in [6.07, 6.45) is 0.949. The zero-order chi connectivity index (χ0) is 18.5. The Bertz CT molecular complexity index is 760. The molecule has 0 radical (unpaired) electrons. The van der Waals surface area contributed by atoms with E-state index < -0.39 is 0 Å². The molecule has 5 heteroatoms. The molecule has 0 spiro atoms. The number of hydrogen-bond donors (Lipinski definition) is 1. The van der Waals surface area contributed by atoms with Gasteiger partial charge in [0.15, 0.2) is 11.5 Å². The molecule has 2 aromatic rings. The zero-order valence-corrected chi connectivity index (χ0v) is 15.9. The number of hydrogen-bond acceptors (Lipinski definition) is 5. The third-order valence-electron chi connectivity index (χ3n) is 4.61. The maximum absolute atomic E-state index is 5.83. The molecule has 0 aliphatic carbocycles. The summed E-state index contributed by atoms with van der Waals surface area (Å²) in [5.41, 5.74) is 3.51. The Balaban J connectivity index is 2.10. The Morgan fingerprint density at radius 3 is 2.27 bits per heavy atom. The molecule has 1 heterocycles. The Morgan fingerprint density at radius 1 is 0.885 bits per heavy atom. The van der Waals surface area contributed by atoms with Crippen LogP contribution in [-0.4, -0.2) is 34.0 Å². The van der Waals surface area contributed by atoms with Gasteiger partial charge >= 0.3 is 0 Å². The van der Waals surface area contributed by atoms with Crippen LogP contribution in [0.3, 0.4) is 0 Å². The number of rotatable bonds is 7. The summed E-state index contributed by atoms with van der Waals surface area (Å²) >= 11 is 0. The average Bonchev–Trinajstić information content (AvgIpc) is 2.68. The van der Waals surface area contributed by atoms with Crippen LogP contribution in [0.25, 0.3) is 0 Å². The SMILES string of the molecule is CCOc1cc2c(cc1OCC)C(c1cc(OC)ccc1OC)NCC2. The summed E-state index contributed by atoms with van der Waals surface area (Å²) in [5.74, 6) is 3.24. The molecule has 26 heavy (non-hydrogen) atoms. The van der Waals surface area contributed by atoms with Crippen LogP contribution in [0, 0.1) is 0 Å². The van der Waals surface area contributed by atoms with E-state index in [1.807, 2.05) is 32.0 Å². The van der Waals surface area contributed by atoms with Crippen LogP contribution in [0.4, 0.5) is 0 Å². The second-order valence-corrected chi connectivity index (χ2v) is 6.11. The number of ether oxygens (including phenoxy) is 4. The third-order valence-corrected chi connectivity index (χ3v) is 4.61. The van der Waals surface area contributed by atoms with E-state index in [1.54, 1.807) is 14.2 Å². The van der Waals surface area contributed by atoms with Gasteiger partial charge < -0.3 is 24.3 Å². The summed E-state index contributed by atoms with van der Waals surface area (Å²) in [6.45, 7) is 6.07. The lowest BCUT2D eigenvalue weighted by molar-refractivity contribution is 0.286. The molecular formula is C21H27NO4. The van der Waals surface area contributed by atoms with Crippen molar-refractivity contribution in [3.05, 3.63) is 47.0 Å². The van der Waals surface area contributed by atoms with Crippen molar-refractivity contribution in [2.75, 3.05) is 34.0 Å². The van der Waals surface area contributed by atoms with Crippen molar-refractivity contribution in [1.82, 2.24) is 5.32 Å². The van der Waals surface area contributed by atoms with Gasteiger partial charge in [-0.25, -0.2) is 0 Å². The Hall–Kier alpha value is -2.40. The first-order valence-corrected chi connectivity index (χ1v) is 9.09. The molecule has 0 saturated carbocycles. The van der Waals surface area contributed by atoms with Crippen molar-refractivity contribution in [2.45, 2.75) is 26.3 Å². The molecule has 0 amide bonds. The Morgan fingerprint density at radius 2 is 1.62 bits per heavy atom. The van der Waals surface area contributed by atoms with Crippen LogP contribution in [-0.2, 0) is 6.42 Å². The smallest absolute Gasteiger partial charge is 0.161 e. The number of benzene rings is 2. The van der Waals surface area contributed by atoms with E-state index in [4.69, 9.17) is 18.9 Å². The summed E-state index contributed by atoms with van der Waals surface area (Å²) in [6, 6.07) is 10.1. The fourth-order valence-corrected chi connectivity index (χ4v) is 3.44. The van der Waals surface area contributed by atoms with E-state index in [9.17, 15) is 0 Å². The van der Waals surface area contributed by atoms with Gasteiger partial charge in [-0.15, -0.1) is 0 Å². The monoisotopic (exact) mass is 357 g/mol. The highest BCUT2D eigenvalue weighted by atomic mass is 16.5. The van der Waals surface area contributed by atoms with E-state index in [1.165, 1.54) is 11.1 Å². The second-order valence-electron chi connectivity index (χ2n) is 6.11. The highest BCUT2D eigenvalue weighted by molar-refractivity contribution is 5.54. The van der Waals surface area contributed by atoms with Crippen LogP contribution >= 0.6 is 0 Å². The summed E-state index contributed by atoms with van der Waals surface area (Å²) in [4.78, 5) is 0. The lowest BCUT2D eigenvalue weighted by Crippen LogP contribution is -2.31. The van der Waals surface area contributed by atoms with Crippen LogP contribution in [0.5, 0.6) is 23.0 Å². The highest BCUT2D eigenvalue weighted by Crippen LogP contribution is 2.40. The molecule has 0 fully saturated rings. The van der Waals surface area contributed by atoms with Gasteiger partial charge in [-0.3, -0.25) is 0 Å². The molecule has 5 nitrogen and oxygen atoms in total. The van der Waals surface area contributed by atoms with Gasteiger partial charge in [0, 0.05) is 12.1 Å². The first-order chi connectivity index (χ1) is 12.7. The van der Waals surface area contributed by atoms with Crippen molar-refractivity contribution in [1.29, 1.82) is 0 Å². The lowest BCUT2D eigenvalue weighted by Gasteiger charge is -2.30. The normalized spacial score (nSPS) is 15.9. The maximum atomic E-state index is 5.83. The van der Waals surface area contributed by atoms with Crippen molar-refractivity contribution >= 4 is 0 Å². The van der Waals surface area contributed by atoms with E-state index in [-0.39, 0.29) is 6.04 Å². The predicted molar refractivity (Wildman–Crippen MR) is 102 cm³/mol. The molecule has 1 aliphatic heterocycles. The van der Waals surface area contributed by atoms with Crippen molar-refractivity contribution < 1.29 is 18.9 Å². The minimum Gasteiger partial charge on any atom is -0.497 e. The van der Waals surface area contributed by atoms with E-state index in [0.29, 0.717) is 13.2 Å². The van der Waals surface area contributed by atoms with E-state index >= 15 is 0 Å². The van der Waals surface area contributed by atoms with Crippen LogP contribution in [0.15, 0.2) is 30.3 Å². The van der Waals surface area contributed by atoms with E-state index in [2.05, 4.69) is 17.4 Å². The largest absolute Gasteiger partial charge is 0.497 e. The van der Waals surface area contributed by atoms with Gasteiger partial charge in [-0.1, -0.05) is 0 Å². The van der Waals surface area contributed by atoms with Crippen LogP contribution in [0.2, 0.25) is 0 Å². The zero-order valence-electron chi connectivity index (χ0n) is 15.9. The Labute approximate surface area is 155 Å². The van der Waals surface area contributed by atoms with Gasteiger partial charge in [-0.2, -0.15) is 0 Å². The summed E-state index contributed by atoms with van der Waals surface area (Å²) < 4.78 is 22.6. The lowest BCUT2D eigenvalue weighted by atomic mass is 9.88. The van der Waals surface area contributed by atoms with E-state index in [0.717, 1.165) is 41.5 Å². The quantitative estimate of drug-likeness (QED) is 0.818. The topological polar surface area (TPSA) is 49.0 Å². The number of methoxy groups -OCH3 is 2. The minimum absolute atomic E-state index is 0.0127. The average molecular weight is 357 g/mol. The molecule has 0 bridgehead atoms. The molecule has 1 aliphatic rings. The van der Waals surface area contributed by atoms with Gasteiger partial charge in [-0.05, 0) is 61.7 Å². The third kappa shape index (κ3) is 3.58. The molecule has 0 aromatic heterocycles. The standard InChI is InChI=1S/C21H27NO4/c1-5-25-19-11-14-9-10-22-21(16(14)13-20(19)26-6-2)17-12-15(23-3)7-8-18(17)24-4/h7-8,11-13,21-22H,5-6,9-10H2,1-4H3. The van der Waals surface area contributed by atoms with Gasteiger partial charge in [0.1, 0.15) is 11.5 Å². The molecule has 1 unspecified atom stereocenters. The fraction of sp³-hybridized carbons (Fsp3) is 0.429. The number of nitrogens with one attached hydrogen (secondary N) is 1. The molecular weight excluding hydrogens is 330 g/mol. The first-order valence-electron chi connectivity index (χ1n) is 9.09. The number of fused-ring (bicyclic) bond motifs is 1. The fourth-order valence-electron chi connectivity index (χ4n) is 3.44. The van der Waals surface area contributed by atoms with Gasteiger partial charge in [0.2, 0.25) is 0 Å². The van der Waals surface area contributed by atoms with Gasteiger partial charge in [0.05, 0.1) is 33.5 Å². The molecule has 1 atom stereocenters. The van der Waals surface area contributed by atoms with Crippen molar-refractivity contribution in [3.63, 3.8) is 0 Å². The molecule has 2 aromatic carbocycles. The molecule has 0 saturated heterocycles. The molecule has 3 rings (SSSR count). The first kappa shape index (κ1) is 18.4. The highest BCUT2D eigenvalue weighted by Gasteiger charge is 2.26. The minimum atomic E-state index is 0.0127. The predicted octanol–water partition coefficient (Wildman–Crippen LogP) is 3.74. The van der Waals surface area contributed by atoms with Crippen molar-refractivity contribution in [2.24, 2.45) is 0 Å². The summed E-state index contributed by atoms with van der Waals surface area (Å²) in [5, 5.41) is 3.61. The van der Waals surface area contributed by atoms with Gasteiger partial charge in [0.25, 0.3) is 0 Å². The molecule has 140 valence electrons. The maximum Gasteiger partial charge on any atom is 0.161 e. The Kier molecular flexibility index (Phi) is 5.89. The van der Waals surface area contributed by atoms with Crippen LogP contribution in [0.1, 0.15) is 36.6 Å². The second kappa shape index (κ2) is 8.32.